The van der Waals surface area contributed by atoms with Crippen molar-refractivity contribution in [2.75, 3.05) is 0 Å². The number of hydrogen-bond donors (Lipinski definition) is 3. The summed E-state index contributed by atoms with van der Waals surface area (Å²) < 4.78 is 10.5. The first-order chi connectivity index (χ1) is 14.7. The number of carbonyl (C=O) groups is 2. The number of benzene rings is 1. The minimum atomic E-state index is -0.508. The number of carbonyl (C=O) groups excluding carboxylic acids is 2. The van der Waals surface area contributed by atoms with Gasteiger partial charge in [0.05, 0.1) is 19.1 Å². The average Bonchev–Trinajstić information content (AvgIpc) is 3.54. The maximum Gasteiger partial charge on any atom is 0.268 e. The Labute approximate surface area is 170 Å². The smallest absolute Gasteiger partial charge is 0.268 e. The Bertz CT molecular complexity index is 1150. The van der Waals surface area contributed by atoms with E-state index in [0.717, 1.165) is 0 Å². The second-order valence-electron chi connectivity index (χ2n) is 6.16. The molecule has 3 N–H and O–H groups in total. The van der Waals surface area contributed by atoms with Crippen LogP contribution in [0.25, 0.3) is 17.7 Å². The van der Waals surface area contributed by atoms with Gasteiger partial charge in [0.1, 0.15) is 17.3 Å². The lowest BCUT2D eigenvalue weighted by Crippen LogP contribution is -2.34. The molecule has 4 rings (SSSR count). The lowest BCUT2D eigenvalue weighted by atomic mass is 10.2. The van der Waals surface area contributed by atoms with Gasteiger partial charge < -0.3 is 19.5 Å². The second kappa shape index (κ2) is 8.74. The van der Waals surface area contributed by atoms with E-state index in [0.29, 0.717) is 28.7 Å². The van der Waals surface area contributed by atoms with Crippen LogP contribution in [-0.4, -0.2) is 27.0 Å². The maximum absolute atomic E-state index is 12.7. The van der Waals surface area contributed by atoms with Crippen molar-refractivity contribution in [3.05, 3.63) is 90.0 Å². The Morgan fingerprint density at radius 2 is 1.80 bits per heavy atom. The summed E-state index contributed by atoms with van der Waals surface area (Å²) in [5.41, 5.74) is 0.457. The zero-order valence-corrected chi connectivity index (χ0v) is 15.7. The van der Waals surface area contributed by atoms with Crippen molar-refractivity contribution in [1.82, 2.24) is 25.8 Å². The van der Waals surface area contributed by atoms with Crippen molar-refractivity contribution in [3.63, 3.8) is 0 Å². The van der Waals surface area contributed by atoms with Gasteiger partial charge in [0.15, 0.2) is 5.76 Å². The molecule has 0 fully saturated rings. The number of aromatic amines is 1. The first-order valence-electron chi connectivity index (χ1n) is 9.04. The van der Waals surface area contributed by atoms with E-state index in [2.05, 4.69) is 25.8 Å². The van der Waals surface area contributed by atoms with Gasteiger partial charge in [-0.3, -0.25) is 14.7 Å². The normalized spacial score (nSPS) is 11.3. The lowest BCUT2D eigenvalue weighted by molar-refractivity contribution is -0.117. The van der Waals surface area contributed by atoms with E-state index in [1.54, 1.807) is 54.6 Å². The van der Waals surface area contributed by atoms with E-state index in [1.165, 1.54) is 18.6 Å². The van der Waals surface area contributed by atoms with Gasteiger partial charge in [-0.1, -0.05) is 18.2 Å². The number of amides is 2. The summed E-state index contributed by atoms with van der Waals surface area (Å²) >= 11 is 0. The highest BCUT2D eigenvalue weighted by molar-refractivity contribution is 6.05. The molecule has 0 spiro atoms. The highest BCUT2D eigenvalue weighted by Crippen LogP contribution is 2.14. The Balaban J connectivity index is 1.46. The predicted molar refractivity (Wildman–Crippen MR) is 107 cm³/mol. The summed E-state index contributed by atoms with van der Waals surface area (Å²) in [5, 5.41) is 12.1. The molecule has 0 saturated carbocycles. The van der Waals surface area contributed by atoms with Crippen molar-refractivity contribution in [3.8, 4) is 11.6 Å². The molecule has 9 heteroatoms. The SMILES string of the molecule is O=C(NCc1nc(-c2ccco2)n[nH]1)C(=Cc1ccco1)NC(=O)c1ccccc1. The molecule has 30 heavy (non-hydrogen) atoms. The highest BCUT2D eigenvalue weighted by Gasteiger charge is 2.16. The third kappa shape index (κ3) is 4.53. The third-order valence-electron chi connectivity index (χ3n) is 4.05. The first kappa shape index (κ1) is 18.9. The molecule has 0 aliphatic rings. The molecule has 0 atom stereocenters. The molecule has 0 bridgehead atoms. The van der Waals surface area contributed by atoms with Crippen LogP contribution in [-0.2, 0) is 11.3 Å². The van der Waals surface area contributed by atoms with Gasteiger partial charge in [-0.05, 0) is 36.4 Å². The zero-order valence-electron chi connectivity index (χ0n) is 15.7. The minimum absolute atomic E-state index is 0.0320. The molecule has 0 aliphatic carbocycles. The molecular weight excluding hydrogens is 386 g/mol. The van der Waals surface area contributed by atoms with Crippen LogP contribution in [0.5, 0.6) is 0 Å². The fourth-order valence-corrected chi connectivity index (χ4v) is 2.61. The van der Waals surface area contributed by atoms with Gasteiger partial charge in [-0.2, -0.15) is 0 Å². The summed E-state index contributed by atoms with van der Waals surface area (Å²) in [6.45, 7) is 0.0727. The van der Waals surface area contributed by atoms with Crippen molar-refractivity contribution < 1.29 is 18.4 Å². The minimum Gasteiger partial charge on any atom is -0.465 e. The summed E-state index contributed by atoms with van der Waals surface area (Å²) in [4.78, 5) is 29.5. The van der Waals surface area contributed by atoms with Crippen LogP contribution in [0.15, 0.2) is 81.7 Å². The number of nitrogens with zero attached hydrogens (tertiary/aromatic N) is 2. The van der Waals surface area contributed by atoms with Gasteiger partial charge >= 0.3 is 0 Å². The van der Waals surface area contributed by atoms with Gasteiger partial charge in [0.25, 0.3) is 11.8 Å². The van der Waals surface area contributed by atoms with Crippen molar-refractivity contribution in [2.24, 2.45) is 0 Å². The van der Waals surface area contributed by atoms with Crippen LogP contribution in [0.4, 0.5) is 0 Å². The Morgan fingerprint density at radius 3 is 2.53 bits per heavy atom. The van der Waals surface area contributed by atoms with Gasteiger partial charge in [0.2, 0.25) is 5.82 Å². The molecule has 0 saturated heterocycles. The molecular formula is C21H17N5O4. The van der Waals surface area contributed by atoms with E-state index in [-0.39, 0.29) is 12.2 Å². The number of aromatic nitrogens is 3. The van der Waals surface area contributed by atoms with E-state index < -0.39 is 11.8 Å². The summed E-state index contributed by atoms with van der Waals surface area (Å²) in [6.07, 6.45) is 4.45. The van der Waals surface area contributed by atoms with E-state index in [9.17, 15) is 9.59 Å². The number of hydrogen-bond acceptors (Lipinski definition) is 6. The number of nitrogens with one attached hydrogen (secondary N) is 3. The standard InChI is InChI=1S/C21H17N5O4/c27-20(14-6-2-1-3-7-14)23-16(12-15-8-4-10-29-15)21(28)22-13-18-24-19(26-25-18)17-9-5-11-30-17/h1-12H,13H2,(H,22,28)(H,23,27)(H,24,25,26). The van der Waals surface area contributed by atoms with Crippen molar-refractivity contribution in [1.29, 1.82) is 0 Å². The Morgan fingerprint density at radius 1 is 1.00 bits per heavy atom. The molecule has 9 nitrogen and oxygen atoms in total. The molecule has 0 aliphatic heterocycles. The molecule has 3 aromatic heterocycles. The summed E-state index contributed by atoms with van der Waals surface area (Å²) in [5.74, 6) is 0.829. The Hall–Kier alpha value is -4.40. The van der Waals surface area contributed by atoms with E-state index in [1.807, 2.05) is 0 Å². The quantitative estimate of drug-likeness (QED) is 0.407. The number of H-pyrrole nitrogens is 1. The predicted octanol–water partition coefficient (Wildman–Crippen LogP) is 2.75. The van der Waals surface area contributed by atoms with Crippen LogP contribution in [0, 0.1) is 0 Å². The van der Waals surface area contributed by atoms with Gasteiger partial charge in [-0.25, -0.2) is 4.98 Å². The molecule has 2 amide bonds. The van der Waals surface area contributed by atoms with Crippen molar-refractivity contribution >= 4 is 17.9 Å². The Kier molecular flexibility index (Phi) is 5.52. The molecule has 150 valence electrons. The molecule has 3 heterocycles. The second-order valence-corrected chi connectivity index (χ2v) is 6.16. The molecule has 0 radical (unpaired) electrons. The molecule has 1 aromatic carbocycles. The van der Waals surface area contributed by atoms with Crippen LogP contribution >= 0.6 is 0 Å². The summed E-state index contributed by atoms with van der Waals surface area (Å²) in [7, 11) is 0. The lowest BCUT2D eigenvalue weighted by Gasteiger charge is -2.10. The number of rotatable bonds is 7. The maximum atomic E-state index is 12.7. The average molecular weight is 403 g/mol. The van der Waals surface area contributed by atoms with E-state index in [4.69, 9.17) is 8.83 Å². The van der Waals surface area contributed by atoms with E-state index >= 15 is 0 Å². The van der Waals surface area contributed by atoms with Crippen LogP contribution in [0.3, 0.4) is 0 Å². The third-order valence-corrected chi connectivity index (χ3v) is 4.05. The fraction of sp³-hybridized carbons (Fsp3) is 0.0476. The van der Waals surface area contributed by atoms with Crippen LogP contribution in [0.2, 0.25) is 0 Å². The summed E-state index contributed by atoms with van der Waals surface area (Å²) in [6, 6.07) is 15.4. The fourth-order valence-electron chi connectivity index (χ4n) is 2.61. The van der Waals surface area contributed by atoms with Gasteiger partial charge in [-0.15, -0.1) is 5.10 Å². The van der Waals surface area contributed by atoms with Crippen molar-refractivity contribution in [2.45, 2.75) is 6.54 Å². The zero-order chi connectivity index (χ0) is 20.8. The molecule has 4 aromatic rings. The monoisotopic (exact) mass is 403 g/mol. The first-order valence-corrected chi connectivity index (χ1v) is 9.04. The largest absolute Gasteiger partial charge is 0.465 e. The van der Waals surface area contributed by atoms with Crippen LogP contribution in [0.1, 0.15) is 21.9 Å². The number of furan rings is 2. The van der Waals surface area contributed by atoms with Gasteiger partial charge in [0, 0.05) is 11.6 Å². The topological polar surface area (TPSA) is 126 Å². The highest BCUT2D eigenvalue weighted by atomic mass is 16.3. The molecule has 0 unspecified atom stereocenters. The van der Waals surface area contributed by atoms with Crippen LogP contribution < -0.4 is 10.6 Å².